The first-order valence-corrected chi connectivity index (χ1v) is 7.80. The van der Waals surface area contributed by atoms with Crippen molar-refractivity contribution in [3.05, 3.63) is 34.4 Å². The largest absolute Gasteiger partial charge is 0.444 e. The number of ether oxygens (including phenoxy) is 1. The number of carbonyl (C=O) groups excluding carboxylic acids is 1. The van der Waals surface area contributed by atoms with E-state index < -0.39 is 22.7 Å². The van der Waals surface area contributed by atoms with Gasteiger partial charge in [0.15, 0.2) is 0 Å². The van der Waals surface area contributed by atoms with Gasteiger partial charge in [-0.2, -0.15) is 0 Å². The summed E-state index contributed by atoms with van der Waals surface area (Å²) in [5.41, 5.74) is -0.135. The highest BCUT2D eigenvalue weighted by molar-refractivity contribution is 5.68. The molecule has 0 aliphatic carbocycles. The molecule has 0 aliphatic heterocycles. The van der Waals surface area contributed by atoms with Crippen molar-refractivity contribution in [2.45, 2.75) is 45.3 Å². The molecule has 0 aliphatic rings. The van der Waals surface area contributed by atoms with E-state index in [2.05, 4.69) is 10.6 Å². The standard InChI is InChI=1S/C16H25N3O5/c1-16(2,3)24-15(21)18-12(11-20)7-6-10-17-13-8-4-5-9-14(13)19(22)23/h4-5,8-9,12,17,20H,6-7,10-11H2,1-3H3,(H,18,21). The summed E-state index contributed by atoms with van der Waals surface area (Å²) in [7, 11) is 0. The van der Waals surface area contributed by atoms with E-state index in [4.69, 9.17) is 4.74 Å². The summed E-state index contributed by atoms with van der Waals surface area (Å²) in [5, 5.41) is 25.8. The van der Waals surface area contributed by atoms with Crippen LogP contribution in [-0.2, 0) is 4.74 Å². The third-order valence-electron chi connectivity index (χ3n) is 3.09. The van der Waals surface area contributed by atoms with Crippen LogP contribution in [0.4, 0.5) is 16.2 Å². The molecule has 1 aromatic rings. The van der Waals surface area contributed by atoms with Crippen molar-refractivity contribution in [3.63, 3.8) is 0 Å². The fraction of sp³-hybridized carbons (Fsp3) is 0.562. The average molecular weight is 339 g/mol. The molecule has 0 fully saturated rings. The number of aliphatic hydroxyl groups is 1. The van der Waals surface area contributed by atoms with E-state index in [9.17, 15) is 20.0 Å². The minimum Gasteiger partial charge on any atom is -0.444 e. The molecule has 8 nitrogen and oxygen atoms in total. The van der Waals surface area contributed by atoms with Gasteiger partial charge in [-0.3, -0.25) is 10.1 Å². The highest BCUT2D eigenvalue weighted by atomic mass is 16.6. The second-order valence-corrected chi connectivity index (χ2v) is 6.37. The van der Waals surface area contributed by atoms with Gasteiger partial charge in [-0.15, -0.1) is 0 Å². The van der Waals surface area contributed by atoms with Crippen LogP contribution in [0, 0.1) is 10.1 Å². The van der Waals surface area contributed by atoms with Crippen LogP contribution in [0.2, 0.25) is 0 Å². The predicted octanol–water partition coefficient (Wildman–Crippen LogP) is 2.67. The van der Waals surface area contributed by atoms with E-state index in [0.717, 1.165) is 0 Å². The number of nitro groups is 1. The van der Waals surface area contributed by atoms with Gasteiger partial charge in [-0.25, -0.2) is 4.79 Å². The first-order valence-electron chi connectivity index (χ1n) is 7.80. The molecule has 0 radical (unpaired) electrons. The van der Waals surface area contributed by atoms with E-state index in [1.807, 2.05) is 0 Å². The van der Waals surface area contributed by atoms with Crippen LogP contribution < -0.4 is 10.6 Å². The van der Waals surface area contributed by atoms with Crippen LogP contribution in [0.5, 0.6) is 0 Å². The Morgan fingerprint density at radius 1 is 1.38 bits per heavy atom. The molecule has 0 aromatic heterocycles. The molecule has 0 saturated carbocycles. The number of nitrogens with one attached hydrogen (secondary N) is 2. The third-order valence-corrected chi connectivity index (χ3v) is 3.09. The lowest BCUT2D eigenvalue weighted by Gasteiger charge is -2.22. The Hall–Kier alpha value is -2.35. The molecule has 1 aromatic carbocycles. The van der Waals surface area contributed by atoms with Gasteiger partial charge in [0.25, 0.3) is 5.69 Å². The first-order chi connectivity index (χ1) is 11.2. The Bertz CT molecular complexity index is 557. The molecule has 8 heteroatoms. The number of nitro benzene ring substituents is 1. The van der Waals surface area contributed by atoms with Crippen LogP contribution in [-0.4, -0.2) is 40.9 Å². The normalized spacial score (nSPS) is 12.3. The summed E-state index contributed by atoms with van der Waals surface area (Å²) >= 11 is 0. The van der Waals surface area contributed by atoms with Crippen molar-refractivity contribution in [1.29, 1.82) is 0 Å². The van der Waals surface area contributed by atoms with Gasteiger partial charge in [-0.1, -0.05) is 12.1 Å². The summed E-state index contributed by atoms with van der Waals surface area (Å²) in [6, 6.07) is 5.97. The molecule has 1 atom stereocenters. The Balaban J connectivity index is 2.40. The zero-order valence-corrected chi connectivity index (χ0v) is 14.2. The fourth-order valence-electron chi connectivity index (χ4n) is 2.04. The van der Waals surface area contributed by atoms with Gasteiger partial charge >= 0.3 is 6.09 Å². The molecule has 0 bridgehead atoms. The smallest absolute Gasteiger partial charge is 0.407 e. The van der Waals surface area contributed by atoms with E-state index in [0.29, 0.717) is 25.1 Å². The number of alkyl carbamates (subject to hydrolysis) is 1. The van der Waals surface area contributed by atoms with E-state index in [-0.39, 0.29) is 12.3 Å². The number of nitrogens with zero attached hydrogens (tertiary/aromatic N) is 1. The van der Waals surface area contributed by atoms with Crippen LogP contribution >= 0.6 is 0 Å². The number of amides is 1. The van der Waals surface area contributed by atoms with Gasteiger partial charge < -0.3 is 20.5 Å². The molecular formula is C16H25N3O5. The predicted molar refractivity (Wildman–Crippen MR) is 91.1 cm³/mol. The second-order valence-electron chi connectivity index (χ2n) is 6.37. The summed E-state index contributed by atoms with van der Waals surface area (Å²) in [6.45, 7) is 5.56. The number of para-hydroxylation sites is 2. The van der Waals surface area contributed by atoms with Crippen molar-refractivity contribution >= 4 is 17.5 Å². The first kappa shape index (κ1) is 19.7. The van der Waals surface area contributed by atoms with Gasteiger partial charge in [0.05, 0.1) is 17.6 Å². The SMILES string of the molecule is CC(C)(C)OC(=O)NC(CO)CCCNc1ccccc1[N+](=O)[O-]. The number of aliphatic hydroxyl groups excluding tert-OH is 1. The number of carbonyl (C=O) groups is 1. The highest BCUT2D eigenvalue weighted by Crippen LogP contribution is 2.23. The van der Waals surface area contributed by atoms with Crippen molar-refractivity contribution in [2.24, 2.45) is 0 Å². The zero-order valence-electron chi connectivity index (χ0n) is 14.2. The Labute approximate surface area is 141 Å². The van der Waals surface area contributed by atoms with E-state index in [1.165, 1.54) is 6.07 Å². The lowest BCUT2D eigenvalue weighted by Crippen LogP contribution is -2.41. The van der Waals surface area contributed by atoms with Crippen molar-refractivity contribution in [1.82, 2.24) is 5.32 Å². The zero-order chi connectivity index (χ0) is 18.2. The van der Waals surface area contributed by atoms with Crippen molar-refractivity contribution < 1.29 is 19.6 Å². The highest BCUT2D eigenvalue weighted by Gasteiger charge is 2.19. The molecule has 134 valence electrons. The lowest BCUT2D eigenvalue weighted by atomic mass is 10.1. The topological polar surface area (TPSA) is 114 Å². The van der Waals surface area contributed by atoms with Crippen LogP contribution in [0.25, 0.3) is 0 Å². The lowest BCUT2D eigenvalue weighted by molar-refractivity contribution is -0.384. The number of hydrogen-bond donors (Lipinski definition) is 3. The molecule has 1 unspecified atom stereocenters. The van der Waals surface area contributed by atoms with Crippen molar-refractivity contribution in [3.8, 4) is 0 Å². The maximum Gasteiger partial charge on any atom is 0.407 e. The van der Waals surface area contributed by atoms with Gasteiger partial charge in [0.1, 0.15) is 11.3 Å². The molecule has 24 heavy (non-hydrogen) atoms. The molecule has 0 spiro atoms. The van der Waals surface area contributed by atoms with Crippen LogP contribution in [0.15, 0.2) is 24.3 Å². The molecule has 1 rings (SSSR count). The molecule has 3 N–H and O–H groups in total. The van der Waals surface area contributed by atoms with E-state index in [1.54, 1.807) is 39.0 Å². The summed E-state index contributed by atoms with van der Waals surface area (Å²) in [4.78, 5) is 22.1. The second kappa shape index (κ2) is 9.07. The Kier molecular flexibility index (Phi) is 7.44. The third kappa shape index (κ3) is 7.28. The summed E-state index contributed by atoms with van der Waals surface area (Å²) in [5.74, 6) is 0. The maximum atomic E-state index is 11.7. The average Bonchev–Trinajstić information content (AvgIpc) is 2.48. The van der Waals surface area contributed by atoms with Crippen LogP contribution in [0.1, 0.15) is 33.6 Å². The molecule has 0 heterocycles. The molecular weight excluding hydrogens is 314 g/mol. The minimum atomic E-state index is -0.599. The Morgan fingerprint density at radius 2 is 2.04 bits per heavy atom. The van der Waals surface area contributed by atoms with Crippen molar-refractivity contribution in [2.75, 3.05) is 18.5 Å². The fourth-order valence-corrected chi connectivity index (χ4v) is 2.04. The number of hydrogen-bond acceptors (Lipinski definition) is 6. The summed E-state index contributed by atoms with van der Waals surface area (Å²) < 4.78 is 5.14. The van der Waals surface area contributed by atoms with Gasteiger partial charge in [0.2, 0.25) is 0 Å². The monoisotopic (exact) mass is 339 g/mol. The van der Waals surface area contributed by atoms with E-state index >= 15 is 0 Å². The Morgan fingerprint density at radius 3 is 2.62 bits per heavy atom. The number of benzene rings is 1. The number of anilines is 1. The number of rotatable bonds is 8. The van der Waals surface area contributed by atoms with Gasteiger partial charge in [-0.05, 0) is 39.7 Å². The van der Waals surface area contributed by atoms with Crippen LogP contribution in [0.3, 0.4) is 0 Å². The quantitative estimate of drug-likeness (QED) is 0.381. The maximum absolute atomic E-state index is 11.7. The molecule has 1 amide bonds. The molecule has 0 saturated heterocycles. The minimum absolute atomic E-state index is 0.0167. The summed E-state index contributed by atoms with van der Waals surface area (Å²) in [6.07, 6.45) is 0.560. The van der Waals surface area contributed by atoms with Gasteiger partial charge in [0, 0.05) is 12.6 Å².